The standard InChI is InChI=1S/C21H25ClN4O3S/c1-29-12-11-26-20(24-19-3-2-9-23-21(19)26)13-17-8-10-25(14-17)30(27,28)15-16-4-6-18(22)7-5-16/h2-7,9,17H,8,10-15H2,1H3. The first-order valence-corrected chi connectivity index (χ1v) is 12.0. The van der Waals surface area contributed by atoms with E-state index >= 15 is 0 Å². The molecule has 0 bridgehead atoms. The zero-order valence-corrected chi connectivity index (χ0v) is 18.4. The van der Waals surface area contributed by atoms with Gasteiger partial charge in [0.2, 0.25) is 10.0 Å². The Morgan fingerprint density at radius 2 is 2.03 bits per heavy atom. The summed E-state index contributed by atoms with van der Waals surface area (Å²) in [5.41, 5.74) is 2.44. The van der Waals surface area contributed by atoms with Crippen molar-refractivity contribution in [1.82, 2.24) is 18.8 Å². The van der Waals surface area contributed by atoms with E-state index in [0.717, 1.165) is 29.0 Å². The highest BCUT2D eigenvalue weighted by Gasteiger charge is 2.32. The largest absolute Gasteiger partial charge is 0.383 e. The number of pyridine rings is 1. The van der Waals surface area contributed by atoms with Crippen molar-refractivity contribution >= 4 is 32.8 Å². The van der Waals surface area contributed by atoms with Crippen LogP contribution in [0.1, 0.15) is 17.8 Å². The summed E-state index contributed by atoms with van der Waals surface area (Å²) in [5.74, 6) is 1.15. The molecule has 1 saturated heterocycles. The highest BCUT2D eigenvalue weighted by molar-refractivity contribution is 7.88. The normalized spacial score (nSPS) is 17.7. The fourth-order valence-electron chi connectivity index (χ4n) is 3.94. The van der Waals surface area contributed by atoms with Crippen molar-refractivity contribution in [1.29, 1.82) is 0 Å². The third kappa shape index (κ3) is 4.67. The van der Waals surface area contributed by atoms with Gasteiger partial charge in [-0.2, -0.15) is 0 Å². The lowest BCUT2D eigenvalue weighted by molar-refractivity contribution is 0.187. The van der Waals surface area contributed by atoms with Gasteiger partial charge in [0, 0.05) is 44.4 Å². The molecular formula is C21H25ClN4O3S. The Hall–Kier alpha value is -2.00. The van der Waals surface area contributed by atoms with Crippen LogP contribution in [0.3, 0.4) is 0 Å². The van der Waals surface area contributed by atoms with E-state index in [4.69, 9.17) is 21.3 Å². The second-order valence-electron chi connectivity index (χ2n) is 7.62. The van der Waals surface area contributed by atoms with E-state index in [2.05, 4.69) is 9.55 Å². The maximum absolute atomic E-state index is 12.9. The Morgan fingerprint density at radius 3 is 2.80 bits per heavy atom. The summed E-state index contributed by atoms with van der Waals surface area (Å²) in [6, 6.07) is 10.8. The van der Waals surface area contributed by atoms with Gasteiger partial charge in [-0.15, -0.1) is 0 Å². The highest BCUT2D eigenvalue weighted by Crippen LogP contribution is 2.26. The molecule has 7 nitrogen and oxygen atoms in total. The number of fused-ring (bicyclic) bond motifs is 1. The average Bonchev–Trinajstić information content (AvgIpc) is 3.33. The zero-order valence-electron chi connectivity index (χ0n) is 16.9. The molecule has 0 saturated carbocycles. The van der Waals surface area contributed by atoms with Crippen molar-refractivity contribution < 1.29 is 13.2 Å². The first-order valence-electron chi connectivity index (χ1n) is 9.97. The maximum Gasteiger partial charge on any atom is 0.218 e. The summed E-state index contributed by atoms with van der Waals surface area (Å²) in [5, 5.41) is 0.600. The van der Waals surface area contributed by atoms with Crippen molar-refractivity contribution in [2.75, 3.05) is 26.8 Å². The van der Waals surface area contributed by atoms with Gasteiger partial charge in [-0.1, -0.05) is 23.7 Å². The van der Waals surface area contributed by atoms with Crippen LogP contribution in [0.15, 0.2) is 42.6 Å². The lowest BCUT2D eigenvalue weighted by Crippen LogP contribution is -2.30. The molecule has 0 amide bonds. The summed E-state index contributed by atoms with van der Waals surface area (Å²) in [6.07, 6.45) is 3.30. The Labute approximate surface area is 181 Å². The van der Waals surface area contributed by atoms with Gasteiger partial charge in [0.05, 0.1) is 12.4 Å². The molecule has 1 unspecified atom stereocenters. The molecule has 2 aromatic heterocycles. The van der Waals surface area contributed by atoms with Crippen LogP contribution in [0.4, 0.5) is 0 Å². The molecule has 30 heavy (non-hydrogen) atoms. The van der Waals surface area contributed by atoms with E-state index in [1.165, 1.54) is 0 Å². The monoisotopic (exact) mass is 448 g/mol. The quantitative estimate of drug-likeness (QED) is 0.529. The number of benzene rings is 1. The molecule has 9 heteroatoms. The fraction of sp³-hybridized carbons (Fsp3) is 0.429. The molecule has 1 aliphatic heterocycles. The second kappa shape index (κ2) is 9.01. The van der Waals surface area contributed by atoms with Gasteiger partial charge in [-0.05, 0) is 42.2 Å². The lowest BCUT2D eigenvalue weighted by atomic mass is 10.0. The molecule has 4 rings (SSSR count). The summed E-state index contributed by atoms with van der Waals surface area (Å²) in [6.45, 7) is 2.29. The predicted molar refractivity (Wildman–Crippen MR) is 117 cm³/mol. The van der Waals surface area contributed by atoms with Crippen LogP contribution in [0.25, 0.3) is 11.2 Å². The number of ether oxygens (including phenoxy) is 1. The predicted octanol–water partition coefficient (Wildman–Crippen LogP) is 3.13. The number of hydrogen-bond donors (Lipinski definition) is 0. The van der Waals surface area contributed by atoms with Crippen LogP contribution >= 0.6 is 11.6 Å². The van der Waals surface area contributed by atoms with E-state index in [9.17, 15) is 8.42 Å². The molecule has 0 spiro atoms. The second-order valence-corrected chi connectivity index (χ2v) is 10.0. The molecule has 1 aromatic carbocycles. The minimum Gasteiger partial charge on any atom is -0.383 e. The van der Waals surface area contributed by atoms with Crippen LogP contribution in [0.5, 0.6) is 0 Å². The molecule has 3 aromatic rings. The topological polar surface area (TPSA) is 77.3 Å². The van der Waals surface area contributed by atoms with Crippen molar-refractivity contribution in [3.63, 3.8) is 0 Å². The molecule has 1 atom stereocenters. The number of halogens is 1. The number of rotatable bonds is 8. The fourth-order valence-corrected chi connectivity index (χ4v) is 5.68. The van der Waals surface area contributed by atoms with Crippen LogP contribution in [0.2, 0.25) is 5.02 Å². The number of methoxy groups -OCH3 is 1. The van der Waals surface area contributed by atoms with Crippen molar-refractivity contribution in [3.8, 4) is 0 Å². The first-order chi connectivity index (χ1) is 14.5. The van der Waals surface area contributed by atoms with Gasteiger partial charge in [-0.25, -0.2) is 22.7 Å². The number of sulfonamides is 1. The maximum atomic E-state index is 12.9. The molecule has 1 aliphatic rings. The minimum atomic E-state index is -3.37. The van der Waals surface area contributed by atoms with Gasteiger partial charge >= 0.3 is 0 Å². The molecule has 1 fully saturated rings. The van der Waals surface area contributed by atoms with Crippen LogP contribution in [0, 0.1) is 5.92 Å². The van der Waals surface area contributed by atoms with Crippen molar-refractivity contribution in [3.05, 3.63) is 59.0 Å². The molecule has 3 heterocycles. The van der Waals surface area contributed by atoms with E-state index in [0.29, 0.717) is 37.7 Å². The van der Waals surface area contributed by atoms with Gasteiger partial charge in [0.25, 0.3) is 0 Å². The van der Waals surface area contributed by atoms with Crippen molar-refractivity contribution in [2.24, 2.45) is 5.92 Å². The van der Waals surface area contributed by atoms with E-state index in [1.807, 2.05) is 12.1 Å². The summed E-state index contributed by atoms with van der Waals surface area (Å²) in [4.78, 5) is 9.22. The Bertz CT molecular complexity index is 1110. The molecular weight excluding hydrogens is 424 g/mol. The molecule has 160 valence electrons. The third-order valence-corrected chi connectivity index (χ3v) is 7.55. The number of aromatic nitrogens is 3. The van der Waals surface area contributed by atoms with Crippen LogP contribution in [-0.2, 0) is 33.5 Å². The summed E-state index contributed by atoms with van der Waals surface area (Å²) >= 11 is 5.90. The SMILES string of the molecule is COCCn1c(CC2CCN(S(=O)(=O)Cc3ccc(Cl)cc3)C2)nc2cccnc21. The minimum absolute atomic E-state index is 0.00679. The third-order valence-electron chi connectivity index (χ3n) is 5.48. The number of nitrogens with zero attached hydrogens (tertiary/aromatic N) is 4. The van der Waals surface area contributed by atoms with Gasteiger partial charge < -0.3 is 9.30 Å². The van der Waals surface area contributed by atoms with Crippen LogP contribution < -0.4 is 0 Å². The van der Waals surface area contributed by atoms with Crippen LogP contribution in [-0.4, -0.2) is 54.1 Å². The molecule has 0 aliphatic carbocycles. The Kier molecular flexibility index (Phi) is 6.38. The number of imidazole rings is 1. The van der Waals surface area contributed by atoms with E-state index < -0.39 is 10.0 Å². The number of hydrogen-bond acceptors (Lipinski definition) is 5. The first kappa shape index (κ1) is 21.2. The van der Waals surface area contributed by atoms with Gasteiger partial charge in [0.15, 0.2) is 5.65 Å². The smallest absolute Gasteiger partial charge is 0.218 e. The van der Waals surface area contributed by atoms with E-state index in [1.54, 1.807) is 41.9 Å². The summed E-state index contributed by atoms with van der Waals surface area (Å²) in [7, 11) is -1.70. The highest BCUT2D eigenvalue weighted by atomic mass is 35.5. The Balaban J connectivity index is 1.46. The zero-order chi connectivity index (χ0) is 21.1. The van der Waals surface area contributed by atoms with E-state index in [-0.39, 0.29) is 11.7 Å². The van der Waals surface area contributed by atoms with Gasteiger partial charge in [0.1, 0.15) is 11.3 Å². The Morgan fingerprint density at radius 1 is 1.23 bits per heavy atom. The summed E-state index contributed by atoms with van der Waals surface area (Å²) < 4.78 is 34.7. The lowest BCUT2D eigenvalue weighted by Gasteiger charge is -2.17. The average molecular weight is 449 g/mol. The molecule has 0 N–H and O–H groups in total. The van der Waals surface area contributed by atoms with Gasteiger partial charge in [-0.3, -0.25) is 0 Å². The molecule has 0 radical (unpaired) electrons. The van der Waals surface area contributed by atoms with Crippen molar-refractivity contribution in [2.45, 2.75) is 25.1 Å².